The summed E-state index contributed by atoms with van der Waals surface area (Å²) in [5, 5.41) is 2.20. The monoisotopic (exact) mass is 331 g/mol. The van der Waals surface area contributed by atoms with Crippen molar-refractivity contribution < 1.29 is 13.2 Å². The van der Waals surface area contributed by atoms with Crippen molar-refractivity contribution in [3.63, 3.8) is 0 Å². The topological polar surface area (TPSA) is 54.5 Å². The summed E-state index contributed by atoms with van der Waals surface area (Å²) in [4.78, 5) is 14.4. The first-order valence-electron chi connectivity index (χ1n) is 7.96. The number of carbonyl (C=O) groups is 1. The van der Waals surface area contributed by atoms with E-state index in [1.54, 1.807) is 4.90 Å². The highest BCUT2D eigenvalue weighted by Crippen LogP contribution is 2.22. The molecule has 0 bridgehead atoms. The maximum Gasteiger partial charge on any atom is 0.227 e. The molecular weight excluding hydrogens is 310 g/mol. The SMILES string of the molecule is CCN(C(=O)Cc1cccc2ccccc12)[C@H]1CCS(=O)(=O)C1. The minimum absolute atomic E-state index is 0.00551. The lowest BCUT2D eigenvalue weighted by Crippen LogP contribution is -2.41. The van der Waals surface area contributed by atoms with Gasteiger partial charge in [-0.15, -0.1) is 0 Å². The average Bonchev–Trinajstić information content (AvgIpc) is 2.88. The van der Waals surface area contributed by atoms with Crippen molar-refractivity contribution in [2.45, 2.75) is 25.8 Å². The fraction of sp³-hybridized carbons (Fsp3) is 0.389. The van der Waals surface area contributed by atoms with Gasteiger partial charge in [-0.3, -0.25) is 4.79 Å². The summed E-state index contributed by atoms with van der Waals surface area (Å²) in [5.41, 5.74) is 0.993. The van der Waals surface area contributed by atoms with Crippen molar-refractivity contribution in [1.82, 2.24) is 4.90 Å². The van der Waals surface area contributed by atoms with E-state index in [4.69, 9.17) is 0 Å². The fourth-order valence-corrected chi connectivity index (χ4v) is 5.10. The number of sulfone groups is 1. The fourth-order valence-electron chi connectivity index (χ4n) is 3.37. The minimum atomic E-state index is -2.99. The predicted octanol–water partition coefficient (Wildman–Crippen LogP) is 2.42. The molecule has 1 saturated heterocycles. The summed E-state index contributed by atoms with van der Waals surface area (Å²) in [6.07, 6.45) is 0.864. The molecule has 0 aliphatic carbocycles. The van der Waals surface area contributed by atoms with Gasteiger partial charge in [0.05, 0.1) is 17.9 Å². The number of carbonyl (C=O) groups excluding carboxylic acids is 1. The number of hydrogen-bond acceptors (Lipinski definition) is 3. The molecule has 1 fully saturated rings. The smallest absolute Gasteiger partial charge is 0.227 e. The van der Waals surface area contributed by atoms with Crippen LogP contribution < -0.4 is 0 Å². The largest absolute Gasteiger partial charge is 0.339 e. The first-order chi connectivity index (χ1) is 11.0. The van der Waals surface area contributed by atoms with Crippen molar-refractivity contribution in [2.24, 2.45) is 0 Å². The van der Waals surface area contributed by atoms with Crippen molar-refractivity contribution in [3.05, 3.63) is 48.0 Å². The molecule has 0 saturated carbocycles. The van der Waals surface area contributed by atoms with Crippen LogP contribution in [0.4, 0.5) is 0 Å². The van der Waals surface area contributed by atoms with Crippen LogP contribution in [-0.4, -0.2) is 43.3 Å². The zero-order valence-electron chi connectivity index (χ0n) is 13.2. The van der Waals surface area contributed by atoms with E-state index in [0.717, 1.165) is 16.3 Å². The first-order valence-corrected chi connectivity index (χ1v) is 9.79. The van der Waals surface area contributed by atoms with E-state index in [1.807, 2.05) is 49.4 Å². The lowest BCUT2D eigenvalue weighted by molar-refractivity contribution is -0.132. The van der Waals surface area contributed by atoms with E-state index >= 15 is 0 Å². The third-order valence-corrected chi connectivity index (χ3v) is 6.28. The van der Waals surface area contributed by atoms with Gasteiger partial charge in [0, 0.05) is 12.6 Å². The van der Waals surface area contributed by atoms with Crippen LogP contribution >= 0.6 is 0 Å². The van der Waals surface area contributed by atoms with E-state index < -0.39 is 9.84 Å². The normalized spacial score (nSPS) is 19.8. The van der Waals surface area contributed by atoms with Gasteiger partial charge in [-0.1, -0.05) is 42.5 Å². The van der Waals surface area contributed by atoms with Crippen molar-refractivity contribution in [2.75, 3.05) is 18.1 Å². The van der Waals surface area contributed by atoms with Gasteiger partial charge in [0.1, 0.15) is 0 Å². The van der Waals surface area contributed by atoms with E-state index in [9.17, 15) is 13.2 Å². The third kappa shape index (κ3) is 3.39. The molecule has 0 radical (unpaired) electrons. The Labute approximate surface area is 137 Å². The Morgan fingerprint density at radius 1 is 1.17 bits per heavy atom. The Bertz CT molecular complexity index is 824. The summed E-state index contributed by atoms with van der Waals surface area (Å²) in [7, 11) is -2.99. The highest BCUT2D eigenvalue weighted by atomic mass is 32.2. The molecule has 3 rings (SSSR count). The Kier molecular flexibility index (Phi) is 4.39. The third-order valence-electron chi connectivity index (χ3n) is 4.53. The summed E-state index contributed by atoms with van der Waals surface area (Å²) >= 11 is 0. The van der Waals surface area contributed by atoms with Gasteiger partial charge in [0.2, 0.25) is 5.91 Å². The van der Waals surface area contributed by atoms with E-state index in [0.29, 0.717) is 19.4 Å². The molecule has 0 N–H and O–H groups in total. The van der Waals surface area contributed by atoms with Crippen LogP contribution in [0.2, 0.25) is 0 Å². The highest BCUT2D eigenvalue weighted by molar-refractivity contribution is 7.91. The van der Waals surface area contributed by atoms with Crippen LogP contribution in [0.3, 0.4) is 0 Å². The summed E-state index contributed by atoms with van der Waals surface area (Å²) < 4.78 is 23.4. The second-order valence-electron chi connectivity index (χ2n) is 6.05. The van der Waals surface area contributed by atoms with Crippen molar-refractivity contribution in [1.29, 1.82) is 0 Å². The standard InChI is InChI=1S/C18H21NO3S/c1-2-19(16-10-11-23(21,22)13-16)18(20)12-15-8-5-7-14-6-3-4-9-17(14)15/h3-9,16H,2,10-13H2,1H3/t16-/m0/s1. The maximum absolute atomic E-state index is 12.7. The van der Waals surface area contributed by atoms with Crippen LogP contribution in [0.5, 0.6) is 0 Å². The Hall–Kier alpha value is -1.88. The molecule has 2 aromatic carbocycles. The molecule has 4 nitrogen and oxygen atoms in total. The van der Waals surface area contributed by atoms with Crippen LogP contribution in [0, 0.1) is 0 Å². The van der Waals surface area contributed by atoms with Gasteiger partial charge < -0.3 is 4.90 Å². The Morgan fingerprint density at radius 3 is 2.61 bits per heavy atom. The summed E-state index contributed by atoms with van der Waals surface area (Å²) in [5.74, 6) is 0.295. The van der Waals surface area contributed by atoms with E-state index in [2.05, 4.69) is 0 Å². The maximum atomic E-state index is 12.7. The Balaban J connectivity index is 1.82. The van der Waals surface area contributed by atoms with Crippen LogP contribution in [0.25, 0.3) is 10.8 Å². The molecule has 5 heteroatoms. The molecule has 1 atom stereocenters. The molecule has 1 aliphatic rings. The predicted molar refractivity (Wildman–Crippen MR) is 92.1 cm³/mol. The van der Waals surface area contributed by atoms with Gasteiger partial charge in [0.25, 0.3) is 0 Å². The van der Waals surface area contributed by atoms with Gasteiger partial charge >= 0.3 is 0 Å². The lowest BCUT2D eigenvalue weighted by Gasteiger charge is -2.27. The van der Waals surface area contributed by atoms with Crippen LogP contribution in [0.1, 0.15) is 18.9 Å². The molecule has 23 heavy (non-hydrogen) atoms. The molecule has 0 unspecified atom stereocenters. The zero-order valence-corrected chi connectivity index (χ0v) is 14.1. The quantitative estimate of drug-likeness (QED) is 0.864. The molecule has 1 aliphatic heterocycles. The van der Waals surface area contributed by atoms with Crippen molar-refractivity contribution >= 4 is 26.5 Å². The lowest BCUT2D eigenvalue weighted by atomic mass is 10.0. The van der Waals surface area contributed by atoms with Gasteiger partial charge in [-0.25, -0.2) is 8.42 Å². The van der Waals surface area contributed by atoms with Gasteiger partial charge in [-0.2, -0.15) is 0 Å². The van der Waals surface area contributed by atoms with Crippen molar-refractivity contribution in [3.8, 4) is 0 Å². The first kappa shape index (κ1) is 16.0. The number of amides is 1. The second-order valence-corrected chi connectivity index (χ2v) is 8.28. The number of hydrogen-bond donors (Lipinski definition) is 0. The number of fused-ring (bicyclic) bond motifs is 1. The molecule has 1 amide bonds. The van der Waals surface area contributed by atoms with Gasteiger partial charge in [-0.05, 0) is 29.7 Å². The molecule has 0 aromatic heterocycles. The number of nitrogens with zero attached hydrogens (tertiary/aromatic N) is 1. The highest BCUT2D eigenvalue weighted by Gasteiger charge is 2.33. The average molecular weight is 331 g/mol. The number of benzene rings is 2. The molecular formula is C18H21NO3S. The second kappa shape index (κ2) is 6.32. The molecule has 2 aromatic rings. The zero-order chi connectivity index (χ0) is 16.4. The molecule has 0 spiro atoms. The summed E-state index contributed by atoms with van der Waals surface area (Å²) in [6.45, 7) is 2.45. The number of likely N-dealkylation sites (N-methyl/N-ethyl adjacent to an activating group) is 1. The number of rotatable bonds is 4. The van der Waals surface area contributed by atoms with Gasteiger partial charge in [0.15, 0.2) is 9.84 Å². The molecule has 122 valence electrons. The molecule has 1 heterocycles. The van der Waals surface area contributed by atoms with Crippen LogP contribution in [0.15, 0.2) is 42.5 Å². The summed E-state index contributed by atoms with van der Waals surface area (Å²) in [6, 6.07) is 13.8. The van der Waals surface area contributed by atoms with Crippen LogP contribution in [-0.2, 0) is 21.1 Å². The Morgan fingerprint density at radius 2 is 1.91 bits per heavy atom. The van der Waals surface area contributed by atoms with E-state index in [1.165, 1.54) is 0 Å². The minimum Gasteiger partial charge on any atom is -0.339 e. The van der Waals surface area contributed by atoms with E-state index in [-0.39, 0.29) is 23.5 Å².